The zero-order valence-electron chi connectivity index (χ0n) is 26.0. The van der Waals surface area contributed by atoms with Crippen LogP contribution in [-0.4, -0.2) is 112 Å². The van der Waals surface area contributed by atoms with Crippen molar-refractivity contribution in [2.45, 2.75) is 50.4 Å². The van der Waals surface area contributed by atoms with Gasteiger partial charge in [0.15, 0.2) is 0 Å². The van der Waals surface area contributed by atoms with Gasteiger partial charge in [0.05, 0.1) is 19.2 Å². The smallest absolute Gasteiger partial charge is 0.246 e. The van der Waals surface area contributed by atoms with Gasteiger partial charge in [0.2, 0.25) is 35.4 Å². The molecule has 2 aliphatic rings. The number of aliphatic hydroxyl groups excluding tert-OH is 1. The summed E-state index contributed by atoms with van der Waals surface area (Å²) >= 11 is 0. The van der Waals surface area contributed by atoms with Crippen LogP contribution in [0, 0.1) is 0 Å². The number of nitrogens with one attached hydrogen (secondary N) is 5. The van der Waals surface area contributed by atoms with E-state index in [1.807, 2.05) is 54.6 Å². The Kier molecular flexibility index (Phi) is 10.5. The predicted octanol–water partition coefficient (Wildman–Crippen LogP) is -1.02. The van der Waals surface area contributed by atoms with Gasteiger partial charge in [0.1, 0.15) is 18.1 Å². The number of hydrogen-bond acceptors (Lipinski definition) is 7. The predicted molar refractivity (Wildman–Crippen MR) is 170 cm³/mol. The fraction of sp³-hybridized carbons (Fsp3) is 0.394. The molecule has 5 rings (SSSR count). The average Bonchev–Trinajstić information content (AvgIpc) is 3.65. The molecule has 0 bridgehead atoms. The molecule has 1 aromatic heterocycles. The highest BCUT2D eigenvalue weighted by atomic mass is 16.3. The van der Waals surface area contributed by atoms with Crippen LogP contribution < -0.4 is 21.3 Å². The van der Waals surface area contributed by atoms with Crippen LogP contribution in [0.3, 0.4) is 0 Å². The summed E-state index contributed by atoms with van der Waals surface area (Å²) in [6.07, 6.45) is 0.914. The molecule has 0 radical (unpaired) electrons. The van der Waals surface area contributed by atoms with Gasteiger partial charge in [0.25, 0.3) is 0 Å². The number of aromatic amines is 1. The standard InChI is InChI=1S/C33H39N7O7/c1-20(41)35-17-30(44)39-12-11-34-31(45)26(13-21-7-3-2-4-8-21)38-32(46)28-15-23(42)18-40(28)33(47)27(37-29(43)19-39)14-22-16-36-25-10-6-5-9-24(22)25/h2-10,16,23,26-28,36,42H,11-15,17-19H2,1H3,(H,34,45)(H,35,41)(H,37,43)(H,38,46)/t23-,26+,27-,28+/m1/s1. The third-order valence-corrected chi connectivity index (χ3v) is 8.37. The van der Waals surface area contributed by atoms with Gasteiger partial charge in [-0.05, 0) is 17.2 Å². The second-order valence-electron chi connectivity index (χ2n) is 11.8. The van der Waals surface area contributed by atoms with Gasteiger partial charge in [0, 0.05) is 62.9 Å². The molecule has 0 spiro atoms. The number of H-pyrrole nitrogens is 1. The maximum absolute atomic E-state index is 14.2. The minimum absolute atomic E-state index is 0.0452. The number of nitrogens with zero attached hydrogens (tertiary/aromatic N) is 2. The van der Waals surface area contributed by atoms with E-state index < -0.39 is 66.2 Å². The van der Waals surface area contributed by atoms with Crippen LogP contribution in [0.15, 0.2) is 60.8 Å². The zero-order valence-corrected chi connectivity index (χ0v) is 26.0. The fourth-order valence-corrected chi connectivity index (χ4v) is 6.01. The molecule has 2 saturated heterocycles. The van der Waals surface area contributed by atoms with E-state index >= 15 is 0 Å². The van der Waals surface area contributed by atoms with Gasteiger partial charge in [-0.3, -0.25) is 28.8 Å². The van der Waals surface area contributed by atoms with Crippen molar-refractivity contribution in [2.24, 2.45) is 0 Å². The molecule has 47 heavy (non-hydrogen) atoms. The number of amides is 6. The second kappa shape index (κ2) is 14.9. The largest absolute Gasteiger partial charge is 0.391 e. The number of hydrogen-bond donors (Lipinski definition) is 6. The summed E-state index contributed by atoms with van der Waals surface area (Å²) in [5.74, 6) is -3.36. The number of fused-ring (bicyclic) bond motifs is 2. The van der Waals surface area contributed by atoms with Gasteiger partial charge in [-0.15, -0.1) is 0 Å². The molecular weight excluding hydrogens is 606 g/mol. The first kappa shape index (κ1) is 33.1. The van der Waals surface area contributed by atoms with E-state index in [-0.39, 0.29) is 45.4 Å². The lowest BCUT2D eigenvalue weighted by molar-refractivity contribution is -0.142. The molecule has 0 saturated carbocycles. The minimum Gasteiger partial charge on any atom is -0.391 e. The second-order valence-corrected chi connectivity index (χ2v) is 11.8. The Morgan fingerprint density at radius 1 is 0.936 bits per heavy atom. The molecule has 6 amide bonds. The quantitative estimate of drug-likeness (QED) is 0.198. The summed E-state index contributed by atoms with van der Waals surface area (Å²) in [6.45, 7) is 0.165. The van der Waals surface area contributed by atoms with Gasteiger partial charge in [-0.2, -0.15) is 0 Å². The van der Waals surface area contributed by atoms with Crippen LogP contribution in [0.2, 0.25) is 0 Å². The Morgan fingerprint density at radius 2 is 1.68 bits per heavy atom. The molecule has 2 fully saturated rings. The Labute approximate surface area is 271 Å². The first-order valence-corrected chi connectivity index (χ1v) is 15.6. The molecule has 14 heteroatoms. The number of para-hydroxylation sites is 1. The highest BCUT2D eigenvalue weighted by Crippen LogP contribution is 2.23. The topological polar surface area (TPSA) is 193 Å². The van der Waals surface area contributed by atoms with Crippen molar-refractivity contribution in [3.63, 3.8) is 0 Å². The SMILES string of the molecule is CC(=O)NCC(=O)N1CCNC(=O)[C@H](Cc2ccccc2)NC(=O)[C@@H]2C[C@@H](O)CN2C(=O)[C@@H](Cc2c[nH]c3ccccc23)NC(=O)C1. The molecule has 248 valence electrons. The van der Waals surface area contributed by atoms with E-state index in [2.05, 4.69) is 26.3 Å². The summed E-state index contributed by atoms with van der Waals surface area (Å²) in [5, 5.41) is 22.2. The molecule has 14 nitrogen and oxygen atoms in total. The Balaban J connectivity index is 1.48. The Morgan fingerprint density at radius 3 is 2.45 bits per heavy atom. The maximum Gasteiger partial charge on any atom is 0.246 e. The van der Waals surface area contributed by atoms with Crippen LogP contribution in [0.4, 0.5) is 0 Å². The number of benzene rings is 2. The normalized spacial score (nSPS) is 22.9. The summed E-state index contributed by atoms with van der Waals surface area (Å²) < 4.78 is 0. The fourth-order valence-electron chi connectivity index (χ4n) is 6.01. The number of carbonyl (C=O) groups excluding carboxylic acids is 6. The maximum atomic E-state index is 14.2. The van der Waals surface area contributed by atoms with Crippen molar-refractivity contribution in [1.82, 2.24) is 36.1 Å². The average molecular weight is 646 g/mol. The number of carbonyl (C=O) groups is 6. The summed E-state index contributed by atoms with van der Waals surface area (Å²) in [6, 6.07) is 13.3. The van der Waals surface area contributed by atoms with Gasteiger partial charge in [-0.25, -0.2) is 0 Å². The first-order valence-electron chi connectivity index (χ1n) is 15.6. The van der Waals surface area contributed by atoms with Gasteiger partial charge in [-0.1, -0.05) is 48.5 Å². The van der Waals surface area contributed by atoms with Crippen molar-refractivity contribution in [2.75, 3.05) is 32.7 Å². The first-order chi connectivity index (χ1) is 22.6. The molecule has 4 atom stereocenters. The summed E-state index contributed by atoms with van der Waals surface area (Å²) in [4.78, 5) is 85.0. The van der Waals surface area contributed by atoms with Crippen molar-refractivity contribution >= 4 is 46.3 Å². The number of aliphatic hydroxyl groups is 1. The highest BCUT2D eigenvalue weighted by molar-refractivity contribution is 5.96. The number of rotatable bonds is 6. The number of aromatic nitrogens is 1. The lowest BCUT2D eigenvalue weighted by Crippen LogP contribution is -2.57. The highest BCUT2D eigenvalue weighted by Gasteiger charge is 2.42. The third kappa shape index (κ3) is 8.33. The van der Waals surface area contributed by atoms with E-state index in [0.29, 0.717) is 0 Å². The summed E-state index contributed by atoms with van der Waals surface area (Å²) in [7, 11) is 0. The molecule has 3 heterocycles. The lowest BCUT2D eigenvalue weighted by Gasteiger charge is -2.30. The molecular formula is C33H39N7O7. The van der Waals surface area contributed by atoms with Crippen molar-refractivity contribution in [3.05, 3.63) is 71.9 Å². The van der Waals surface area contributed by atoms with Crippen molar-refractivity contribution < 1.29 is 33.9 Å². The van der Waals surface area contributed by atoms with Crippen molar-refractivity contribution in [3.8, 4) is 0 Å². The van der Waals surface area contributed by atoms with Crippen molar-refractivity contribution in [1.29, 1.82) is 0 Å². The third-order valence-electron chi connectivity index (χ3n) is 8.37. The Hall–Kier alpha value is -5.24. The Bertz CT molecular complexity index is 1640. The van der Waals surface area contributed by atoms with Gasteiger partial charge >= 0.3 is 0 Å². The molecule has 3 aromatic rings. The lowest BCUT2D eigenvalue weighted by atomic mass is 10.0. The van der Waals surface area contributed by atoms with E-state index in [0.717, 1.165) is 22.0 Å². The molecule has 2 aliphatic heterocycles. The van der Waals surface area contributed by atoms with Gasteiger partial charge < -0.3 is 41.2 Å². The van der Waals surface area contributed by atoms with Crippen LogP contribution in [0.1, 0.15) is 24.5 Å². The van der Waals surface area contributed by atoms with E-state index in [1.165, 1.54) is 16.7 Å². The van der Waals surface area contributed by atoms with Crippen LogP contribution >= 0.6 is 0 Å². The summed E-state index contributed by atoms with van der Waals surface area (Å²) in [5.41, 5.74) is 2.36. The van der Waals surface area contributed by atoms with Crippen LogP contribution in [0.5, 0.6) is 0 Å². The van der Waals surface area contributed by atoms with Crippen LogP contribution in [0.25, 0.3) is 10.9 Å². The van der Waals surface area contributed by atoms with Crippen LogP contribution in [-0.2, 0) is 41.6 Å². The molecule has 0 unspecified atom stereocenters. The van der Waals surface area contributed by atoms with E-state index in [4.69, 9.17) is 0 Å². The zero-order chi connectivity index (χ0) is 33.5. The van der Waals surface area contributed by atoms with E-state index in [1.54, 1.807) is 6.20 Å². The monoisotopic (exact) mass is 645 g/mol. The molecule has 6 N–H and O–H groups in total. The molecule has 0 aliphatic carbocycles. The molecule has 2 aromatic carbocycles. The van der Waals surface area contributed by atoms with E-state index in [9.17, 15) is 33.9 Å². The minimum atomic E-state index is -1.15.